The first-order valence-corrected chi connectivity index (χ1v) is 11.6. The lowest BCUT2D eigenvalue weighted by Gasteiger charge is -2.45. The molecular weight excluding hydrogens is 472 g/mol. The Morgan fingerprint density at radius 1 is 1.11 bits per heavy atom. The summed E-state index contributed by atoms with van der Waals surface area (Å²) >= 11 is 6.26. The number of nitrogens with zero attached hydrogens (tertiary/aromatic N) is 5. The van der Waals surface area contributed by atoms with Gasteiger partial charge in [0.2, 0.25) is 5.91 Å². The van der Waals surface area contributed by atoms with Crippen LogP contribution in [0.1, 0.15) is 13.8 Å². The molecule has 0 radical (unpaired) electrons. The van der Waals surface area contributed by atoms with Crippen molar-refractivity contribution < 1.29 is 13.6 Å². The highest BCUT2D eigenvalue weighted by Crippen LogP contribution is 2.38. The van der Waals surface area contributed by atoms with Crippen LogP contribution >= 0.6 is 11.6 Å². The van der Waals surface area contributed by atoms with E-state index >= 15 is 4.39 Å². The summed E-state index contributed by atoms with van der Waals surface area (Å²) in [5, 5.41) is 1.43. The summed E-state index contributed by atoms with van der Waals surface area (Å²) in [7, 11) is 0. The summed E-state index contributed by atoms with van der Waals surface area (Å²) in [5.74, 6) is -0.812. The number of fused-ring (bicyclic) bond motifs is 2. The minimum atomic E-state index is -0.639. The van der Waals surface area contributed by atoms with Crippen LogP contribution in [-0.2, 0) is 4.79 Å². The van der Waals surface area contributed by atoms with Crippen LogP contribution in [0.5, 0.6) is 0 Å². The SMILES string of the molecule is C=CC(=O)N1C[C@@H](C)N(c2ncnc3c(F)c(-c4cccc5ccc(F)c(Cl)c45)ncc23)[C@@H](C)C1. The lowest BCUT2D eigenvalue weighted by Crippen LogP contribution is -2.58. The second-order valence-corrected chi connectivity index (χ2v) is 9.08. The van der Waals surface area contributed by atoms with Gasteiger partial charge in [-0.1, -0.05) is 42.4 Å². The van der Waals surface area contributed by atoms with Crippen LogP contribution in [0.25, 0.3) is 32.9 Å². The summed E-state index contributed by atoms with van der Waals surface area (Å²) in [4.78, 5) is 29.0. The second kappa shape index (κ2) is 8.85. The summed E-state index contributed by atoms with van der Waals surface area (Å²) in [5.41, 5.74) is 0.515. The van der Waals surface area contributed by atoms with Gasteiger partial charge in [-0.25, -0.2) is 18.7 Å². The minimum Gasteiger partial charge on any atom is -0.347 e. The molecule has 2 atom stereocenters. The van der Waals surface area contributed by atoms with E-state index < -0.39 is 11.6 Å². The number of aromatic nitrogens is 3. The van der Waals surface area contributed by atoms with Crippen molar-refractivity contribution in [3.63, 3.8) is 0 Å². The third-order valence-electron chi connectivity index (χ3n) is 6.44. The predicted octanol–water partition coefficient (Wildman–Crippen LogP) is 5.39. The maximum Gasteiger partial charge on any atom is 0.246 e. The van der Waals surface area contributed by atoms with Gasteiger partial charge in [0.05, 0.1) is 10.4 Å². The van der Waals surface area contributed by atoms with E-state index in [2.05, 4.69) is 26.4 Å². The molecule has 1 saturated heterocycles. The second-order valence-electron chi connectivity index (χ2n) is 8.70. The number of hydrogen-bond donors (Lipinski definition) is 0. The van der Waals surface area contributed by atoms with Crippen molar-refractivity contribution in [1.82, 2.24) is 19.9 Å². The van der Waals surface area contributed by atoms with Gasteiger partial charge in [0, 0.05) is 42.3 Å². The molecule has 6 nitrogen and oxygen atoms in total. The van der Waals surface area contributed by atoms with E-state index in [0.717, 1.165) is 0 Å². The molecule has 9 heteroatoms. The Hall–Kier alpha value is -3.65. The highest BCUT2D eigenvalue weighted by atomic mass is 35.5. The van der Waals surface area contributed by atoms with Crippen LogP contribution in [0.4, 0.5) is 14.6 Å². The minimum absolute atomic E-state index is 0.0303. The van der Waals surface area contributed by atoms with E-state index in [0.29, 0.717) is 40.6 Å². The van der Waals surface area contributed by atoms with Crippen LogP contribution in [0.15, 0.2) is 55.5 Å². The van der Waals surface area contributed by atoms with E-state index in [-0.39, 0.29) is 34.2 Å². The van der Waals surface area contributed by atoms with Crippen molar-refractivity contribution in [2.24, 2.45) is 0 Å². The Morgan fingerprint density at radius 2 is 1.86 bits per heavy atom. The predicted molar refractivity (Wildman–Crippen MR) is 133 cm³/mol. The monoisotopic (exact) mass is 493 g/mol. The molecule has 1 amide bonds. The molecule has 0 bridgehead atoms. The van der Waals surface area contributed by atoms with Crippen molar-refractivity contribution in [2.75, 3.05) is 18.0 Å². The Kier molecular flexibility index (Phi) is 5.84. The molecule has 0 aliphatic carbocycles. The summed E-state index contributed by atoms with van der Waals surface area (Å²) in [6.07, 6.45) is 4.16. The fourth-order valence-electron chi connectivity index (χ4n) is 4.93. The van der Waals surface area contributed by atoms with Gasteiger partial charge in [0.1, 0.15) is 29.2 Å². The Morgan fingerprint density at radius 3 is 2.57 bits per heavy atom. The standard InChI is InChI=1S/C26H22ClF2N5O/c1-4-20(35)33-11-14(2)34(15(3)12-33)26-18-10-30-24(23(29)25(18)31-13-32-26)17-7-5-6-16-8-9-19(28)22(27)21(16)17/h4-10,13-15H,1,11-12H2,2-3H3/t14-,15+. The number of pyridine rings is 1. The summed E-state index contributed by atoms with van der Waals surface area (Å²) in [6.45, 7) is 8.50. The quantitative estimate of drug-likeness (QED) is 0.358. The topological polar surface area (TPSA) is 62.2 Å². The zero-order valence-electron chi connectivity index (χ0n) is 19.2. The zero-order chi connectivity index (χ0) is 24.9. The van der Waals surface area contributed by atoms with Crippen LogP contribution < -0.4 is 4.90 Å². The molecule has 178 valence electrons. The lowest BCUT2D eigenvalue weighted by molar-refractivity contribution is -0.127. The zero-order valence-corrected chi connectivity index (χ0v) is 19.9. The molecule has 3 heterocycles. The number of amides is 1. The van der Waals surface area contributed by atoms with E-state index in [1.54, 1.807) is 29.2 Å². The van der Waals surface area contributed by atoms with Crippen molar-refractivity contribution >= 4 is 45.0 Å². The Labute approximate surface area is 205 Å². The van der Waals surface area contributed by atoms with Gasteiger partial charge in [0.15, 0.2) is 5.82 Å². The molecule has 0 unspecified atom stereocenters. The lowest BCUT2D eigenvalue weighted by atomic mass is 10.0. The molecule has 2 aromatic carbocycles. The molecule has 1 aliphatic rings. The van der Waals surface area contributed by atoms with Crippen LogP contribution in [0.3, 0.4) is 0 Å². The molecule has 35 heavy (non-hydrogen) atoms. The van der Waals surface area contributed by atoms with Gasteiger partial charge in [-0.2, -0.15) is 0 Å². The number of benzene rings is 2. The normalized spacial score (nSPS) is 18.3. The van der Waals surface area contributed by atoms with E-state index in [9.17, 15) is 9.18 Å². The van der Waals surface area contributed by atoms with Crippen molar-refractivity contribution in [3.8, 4) is 11.3 Å². The van der Waals surface area contributed by atoms with E-state index in [4.69, 9.17) is 11.6 Å². The first kappa shape index (κ1) is 23.1. The molecule has 5 rings (SSSR count). The summed E-state index contributed by atoms with van der Waals surface area (Å²) in [6, 6.07) is 7.90. The maximum atomic E-state index is 15.9. The van der Waals surface area contributed by atoms with Gasteiger partial charge in [-0.05, 0) is 31.4 Å². The molecular formula is C26H22ClF2N5O. The van der Waals surface area contributed by atoms with Gasteiger partial charge in [-0.3, -0.25) is 9.78 Å². The number of rotatable bonds is 3. The van der Waals surface area contributed by atoms with Gasteiger partial charge in [0.25, 0.3) is 0 Å². The number of hydrogen-bond acceptors (Lipinski definition) is 5. The van der Waals surface area contributed by atoms with E-state index in [1.807, 2.05) is 13.8 Å². The van der Waals surface area contributed by atoms with Gasteiger partial charge < -0.3 is 9.80 Å². The summed E-state index contributed by atoms with van der Waals surface area (Å²) < 4.78 is 30.1. The first-order chi connectivity index (χ1) is 16.8. The fraction of sp³-hybridized carbons (Fsp3) is 0.231. The molecule has 0 saturated carbocycles. The van der Waals surface area contributed by atoms with E-state index in [1.165, 1.54) is 24.7 Å². The van der Waals surface area contributed by atoms with Crippen molar-refractivity contribution in [3.05, 3.63) is 72.2 Å². The molecule has 4 aromatic rings. The fourth-order valence-corrected chi connectivity index (χ4v) is 5.20. The maximum absolute atomic E-state index is 15.9. The first-order valence-electron chi connectivity index (χ1n) is 11.2. The average molecular weight is 494 g/mol. The number of anilines is 1. The molecule has 0 N–H and O–H groups in total. The van der Waals surface area contributed by atoms with Gasteiger partial charge >= 0.3 is 0 Å². The van der Waals surface area contributed by atoms with Crippen molar-refractivity contribution in [1.29, 1.82) is 0 Å². The third kappa shape index (κ3) is 3.78. The Balaban J connectivity index is 1.63. The smallest absolute Gasteiger partial charge is 0.246 e. The van der Waals surface area contributed by atoms with Crippen LogP contribution in [0.2, 0.25) is 5.02 Å². The third-order valence-corrected chi connectivity index (χ3v) is 6.81. The molecule has 1 aliphatic heterocycles. The van der Waals surface area contributed by atoms with Crippen LogP contribution in [-0.4, -0.2) is 50.9 Å². The number of carbonyl (C=O) groups is 1. The molecule has 0 spiro atoms. The average Bonchev–Trinajstić information content (AvgIpc) is 2.85. The number of piperazine rings is 1. The van der Waals surface area contributed by atoms with Crippen LogP contribution in [0, 0.1) is 11.6 Å². The number of carbonyl (C=O) groups excluding carboxylic acids is 1. The molecule has 2 aromatic heterocycles. The molecule has 1 fully saturated rings. The number of halogens is 3. The van der Waals surface area contributed by atoms with Crippen molar-refractivity contribution in [2.45, 2.75) is 25.9 Å². The largest absolute Gasteiger partial charge is 0.347 e. The highest BCUT2D eigenvalue weighted by Gasteiger charge is 2.33. The van der Waals surface area contributed by atoms with Gasteiger partial charge in [-0.15, -0.1) is 0 Å². The Bertz CT molecular complexity index is 1480. The highest BCUT2D eigenvalue weighted by molar-refractivity contribution is 6.36.